The van der Waals surface area contributed by atoms with E-state index in [1.165, 1.54) is 0 Å². The molecule has 0 amide bonds. The molecular formula is C14H14O5. The molecule has 1 aromatic rings. The number of esters is 1. The Morgan fingerprint density at radius 3 is 2.79 bits per heavy atom. The summed E-state index contributed by atoms with van der Waals surface area (Å²) in [5.74, 6) is 0.868. The maximum atomic E-state index is 11.7. The molecular weight excluding hydrogens is 248 g/mol. The Morgan fingerprint density at radius 2 is 1.95 bits per heavy atom. The first-order valence-corrected chi connectivity index (χ1v) is 6.51. The van der Waals surface area contributed by atoms with Gasteiger partial charge in [-0.05, 0) is 36.1 Å². The van der Waals surface area contributed by atoms with E-state index in [1.54, 1.807) is 0 Å². The molecule has 0 bridgehead atoms. The number of aliphatic hydroxyl groups is 1. The summed E-state index contributed by atoms with van der Waals surface area (Å²) < 4.78 is 15.8. The Morgan fingerprint density at radius 1 is 1.16 bits per heavy atom. The lowest BCUT2D eigenvalue weighted by atomic mass is 9.87. The molecule has 1 aromatic carbocycles. The molecule has 0 unspecified atom stereocenters. The lowest BCUT2D eigenvalue weighted by Crippen LogP contribution is -2.20. The number of aliphatic hydroxyl groups excluding tert-OH is 1. The summed E-state index contributed by atoms with van der Waals surface area (Å²) in [5.41, 5.74) is 1.88. The lowest BCUT2D eigenvalue weighted by Gasteiger charge is -2.19. The third-order valence-corrected chi connectivity index (χ3v) is 4.32. The van der Waals surface area contributed by atoms with Gasteiger partial charge in [0.25, 0.3) is 0 Å². The lowest BCUT2D eigenvalue weighted by molar-refractivity contribution is -0.141. The first-order valence-electron chi connectivity index (χ1n) is 6.51. The zero-order chi connectivity index (χ0) is 13.0. The average Bonchev–Trinajstić information content (AvgIpc) is 2.97. The van der Waals surface area contributed by atoms with Crippen LogP contribution in [0.5, 0.6) is 11.5 Å². The Bertz CT molecular complexity index is 553. The molecule has 1 fully saturated rings. The number of ether oxygens (including phenoxy) is 3. The molecule has 19 heavy (non-hydrogen) atoms. The molecule has 3 aliphatic rings. The van der Waals surface area contributed by atoms with E-state index in [2.05, 4.69) is 0 Å². The molecule has 0 spiro atoms. The SMILES string of the molecule is O=C1OC[C@@H]2[C@@H]1CCc1cc3c(cc1[C@@H]2O)OCO3. The Balaban J connectivity index is 1.79. The van der Waals surface area contributed by atoms with Crippen LogP contribution in [0.3, 0.4) is 0 Å². The number of fused-ring (bicyclic) bond motifs is 3. The first kappa shape index (κ1) is 11.1. The monoisotopic (exact) mass is 262 g/mol. The van der Waals surface area contributed by atoms with Crippen molar-refractivity contribution in [2.45, 2.75) is 18.9 Å². The number of carbonyl (C=O) groups excluding carboxylic acids is 1. The van der Waals surface area contributed by atoms with Crippen LogP contribution in [-0.2, 0) is 16.0 Å². The van der Waals surface area contributed by atoms with Gasteiger partial charge in [0.1, 0.15) is 0 Å². The van der Waals surface area contributed by atoms with Gasteiger partial charge in [0.15, 0.2) is 11.5 Å². The fourth-order valence-corrected chi connectivity index (χ4v) is 3.25. The molecule has 3 atom stereocenters. The molecule has 0 aromatic heterocycles. The van der Waals surface area contributed by atoms with Crippen molar-refractivity contribution in [3.05, 3.63) is 23.3 Å². The van der Waals surface area contributed by atoms with E-state index in [4.69, 9.17) is 14.2 Å². The second kappa shape index (κ2) is 3.87. The van der Waals surface area contributed by atoms with Crippen LogP contribution in [0.4, 0.5) is 0 Å². The van der Waals surface area contributed by atoms with Gasteiger partial charge in [-0.25, -0.2) is 0 Å². The van der Waals surface area contributed by atoms with Gasteiger partial charge in [-0.15, -0.1) is 0 Å². The summed E-state index contributed by atoms with van der Waals surface area (Å²) in [4.78, 5) is 11.7. The maximum Gasteiger partial charge on any atom is 0.309 e. The average molecular weight is 262 g/mol. The predicted molar refractivity (Wildman–Crippen MR) is 63.8 cm³/mol. The normalized spacial score (nSPS) is 31.4. The number of rotatable bonds is 0. The van der Waals surface area contributed by atoms with E-state index in [-0.39, 0.29) is 24.6 Å². The van der Waals surface area contributed by atoms with Crippen LogP contribution < -0.4 is 9.47 Å². The van der Waals surface area contributed by atoms with Gasteiger partial charge < -0.3 is 19.3 Å². The highest BCUT2D eigenvalue weighted by molar-refractivity contribution is 5.75. The largest absolute Gasteiger partial charge is 0.465 e. The van der Waals surface area contributed by atoms with Gasteiger partial charge in [0.2, 0.25) is 6.79 Å². The number of benzene rings is 1. The number of cyclic esters (lactones) is 1. The van der Waals surface area contributed by atoms with Gasteiger partial charge in [0, 0.05) is 5.92 Å². The van der Waals surface area contributed by atoms with E-state index in [0.29, 0.717) is 18.8 Å². The minimum absolute atomic E-state index is 0.144. The second-order valence-corrected chi connectivity index (χ2v) is 5.29. The van der Waals surface area contributed by atoms with Crippen molar-refractivity contribution in [3.8, 4) is 11.5 Å². The zero-order valence-corrected chi connectivity index (χ0v) is 10.3. The highest BCUT2D eigenvalue weighted by Gasteiger charge is 2.44. The summed E-state index contributed by atoms with van der Waals surface area (Å²) in [6, 6.07) is 3.76. The van der Waals surface area contributed by atoms with E-state index in [9.17, 15) is 9.90 Å². The number of hydrogen-bond acceptors (Lipinski definition) is 5. The van der Waals surface area contributed by atoms with E-state index in [1.807, 2.05) is 12.1 Å². The molecule has 100 valence electrons. The molecule has 0 radical (unpaired) electrons. The van der Waals surface area contributed by atoms with E-state index >= 15 is 0 Å². The van der Waals surface area contributed by atoms with Crippen molar-refractivity contribution < 1.29 is 24.1 Å². The summed E-state index contributed by atoms with van der Waals surface area (Å²) in [5, 5.41) is 10.5. The standard InChI is InChI=1S/C14H14O5/c15-13-9-4-12-11(18-6-19-12)3-7(9)1-2-8-10(13)5-17-14(8)16/h3-4,8,10,13,15H,1-2,5-6H2/t8-,10+,13-/m0/s1. The van der Waals surface area contributed by atoms with E-state index < -0.39 is 6.10 Å². The molecule has 0 saturated carbocycles. The van der Waals surface area contributed by atoms with Crippen LogP contribution in [0.15, 0.2) is 12.1 Å². The van der Waals surface area contributed by atoms with Crippen molar-refractivity contribution in [3.63, 3.8) is 0 Å². The molecule has 2 aliphatic heterocycles. The first-order chi connectivity index (χ1) is 9.24. The van der Waals surface area contributed by atoms with Crippen LogP contribution in [0.25, 0.3) is 0 Å². The molecule has 1 aliphatic carbocycles. The van der Waals surface area contributed by atoms with Crippen molar-refractivity contribution in [2.75, 3.05) is 13.4 Å². The summed E-state index contributed by atoms with van der Waals surface area (Å²) in [7, 11) is 0. The summed E-state index contributed by atoms with van der Waals surface area (Å²) in [6.07, 6.45) is 0.787. The number of aryl methyl sites for hydroxylation is 1. The van der Waals surface area contributed by atoms with Gasteiger partial charge in [-0.3, -0.25) is 4.79 Å². The fourth-order valence-electron chi connectivity index (χ4n) is 3.25. The maximum absolute atomic E-state index is 11.7. The predicted octanol–water partition coefficient (Wildman–Crippen LogP) is 1.18. The Hall–Kier alpha value is -1.75. The van der Waals surface area contributed by atoms with Crippen molar-refractivity contribution in [1.82, 2.24) is 0 Å². The topological polar surface area (TPSA) is 65.0 Å². The Kier molecular flexibility index (Phi) is 2.26. The van der Waals surface area contributed by atoms with Crippen LogP contribution >= 0.6 is 0 Å². The second-order valence-electron chi connectivity index (χ2n) is 5.29. The summed E-state index contributed by atoms with van der Waals surface area (Å²) in [6.45, 7) is 0.528. The van der Waals surface area contributed by atoms with Crippen molar-refractivity contribution in [1.29, 1.82) is 0 Å². The summed E-state index contributed by atoms with van der Waals surface area (Å²) >= 11 is 0. The van der Waals surface area contributed by atoms with Gasteiger partial charge in [-0.2, -0.15) is 0 Å². The van der Waals surface area contributed by atoms with E-state index in [0.717, 1.165) is 23.3 Å². The minimum atomic E-state index is -0.677. The van der Waals surface area contributed by atoms with Crippen LogP contribution in [0.2, 0.25) is 0 Å². The molecule has 2 heterocycles. The van der Waals surface area contributed by atoms with Gasteiger partial charge >= 0.3 is 5.97 Å². The minimum Gasteiger partial charge on any atom is -0.465 e. The zero-order valence-electron chi connectivity index (χ0n) is 10.3. The van der Waals surface area contributed by atoms with Crippen molar-refractivity contribution in [2.24, 2.45) is 11.8 Å². The molecule has 1 N–H and O–H groups in total. The Labute approximate surface area is 110 Å². The quantitative estimate of drug-likeness (QED) is 0.711. The fraction of sp³-hybridized carbons (Fsp3) is 0.500. The van der Waals surface area contributed by atoms with Crippen LogP contribution in [-0.4, -0.2) is 24.5 Å². The third kappa shape index (κ3) is 1.54. The third-order valence-electron chi connectivity index (χ3n) is 4.32. The highest BCUT2D eigenvalue weighted by Crippen LogP contribution is 2.45. The van der Waals surface area contributed by atoms with Crippen LogP contribution in [0, 0.1) is 11.8 Å². The number of carbonyl (C=O) groups is 1. The smallest absolute Gasteiger partial charge is 0.309 e. The number of hydrogen-bond donors (Lipinski definition) is 1. The molecule has 1 saturated heterocycles. The highest BCUT2D eigenvalue weighted by atomic mass is 16.7. The van der Waals surface area contributed by atoms with Crippen LogP contribution in [0.1, 0.15) is 23.7 Å². The molecule has 5 nitrogen and oxygen atoms in total. The molecule has 5 heteroatoms. The van der Waals surface area contributed by atoms with Gasteiger partial charge in [-0.1, -0.05) is 0 Å². The van der Waals surface area contributed by atoms with Gasteiger partial charge in [0.05, 0.1) is 18.6 Å². The van der Waals surface area contributed by atoms with Crippen molar-refractivity contribution >= 4 is 5.97 Å². The molecule has 4 rings (SSSR count).